The first-order chi connectivity index (χ1) is 7.31. The Balaban J connectivity index is 3.02. The number of aliphatic imine (C=N–C) groups is 1. The first-order valence-electron chi connectivity index (χ1n) is 4.79. The van der Waals surface area contributed by atoms with Crippen molar-refractivity contribution in [2.75, 3.05) is 13.2 Å². The van der Waals surface area contributed by atoms with E-state index in [2.05, 4.69) is 4.99 Å². The lowest BCUT2D eigenvalue weighted by molar-refractivity contribution is 0.331. The molecule has 0 fully saturated rings. The van der Waals surface area contributed by atoms with Crippen LogP contribution in [0.5, 0.6) is 11.5 Å². The van der Waals surface area contributed by atoms with E-state index in [9.17, 15) is 4.79 Å². The van der Waals surface area contributed by atoms with Gasteiger partial charge in [-0.25, -0.2) is 4.79 Å². The third kappa shape index (κ3) is 3.11. The molecule has 0 N–H and O–H groups in total. The van der Waals surface area contributed by atoms with Gasteiger partial charge < -0.3 is 9.47 Å². The molecule has 1 aromatic rings. The van der Waals surface area contributed by atoms with E-state index >= 15 is 0 Å². The van der Waals surface area contributed by atoms with E-state index in [1.165, 1.54) is 6.08 Å². The highest BCUT2D eigenvalue weighted by Crippen LogP contribution is 2.31. The molecule has 0 unspecified atom stereocenters. The lowest BCUT2D eigenvalue weighted by Gasteiger charge is -2.08. The highest BCUT2D eigenvalue weighted by Gasteiger charge is 2.04. The number of hydrogen-bond donors (Lipinski definition) is 0. The van der Waals surface area contributed by atoms with E-state index in [1.54, 1.807) is 18.2 Å². The number of nitrogens with zero attached hydrogens (tertiary/aromatic N) is 1. The number of carbonyl (C=O) groups excluding carboxylic acids is 1. The fourth-order valence-electron chi connectivity index (χ4n) is 1.17. The normalized spacial score (nSPS) is 9.20. The van der Waals surface area contributed by atoms with Gasteiger partial charge >= 0.3 is 0 Å². The summed E-state index contributed by atoms with van der Waals surface area (Å²) in [7, 11) is 0. The highest BCUT2D eigenvalue weighted by molar-refractivity contribution is 5.60. The molecule has 0 spiro atoms. The maximum absolute atomic E-state index is 10.2. The van der Waals surface area contributed by atoms with Crippen molar-refractivity contribution < 1.29 is 14.3 Å². The minimum atomic E-state index is 0.442. The van der Waals surface area contributed by atoms with Gasteiger partial charge in [-0.15, -0.1) is 0 Å². The third-order valence-electron chi connectivity index (χ3n) is 1.71. The molecule has 1 rings (SSSR count). The second kappa shape index (κ2) is 5.83. The summed E-state index contributed by atoms with van der Waals surface area (Å²) in [4.78, 5) is 13.8. The Kier molecular flexibility index (Phi) is 4.38. The molecule has 4 heteroatoms. The molecule has 0 aliphatic carbocycles. The SMILES string of the molecule is CCOc1ccc(OCC)c(N=C=O)c1. The van der Waals surface area contributed by atoms with Gasteiger partial charge in [0.05, 0.1) is 13.2 Å². The number of hydrogen-bond acceptors (Lipinski definition) is 4. The lowest BCUT2D eigenvalue weighted by atomic mass is 10.3. The number of benzene rings is 1. The van der Waals surface area contributed by atoms with E-state index in [0.717, 1.165) is 0 Å². The standard InChI is InChI=1S/C11H13NO3/c1-3-14-9-5-6-11(15-4-2)10(7-9)12-8-13/h5-7H,3-4H2,1-2H3. The summed E-state index contributed by atoms with van der Waals surface area (Å²) in [5, 5.41) is 0. The van der Waals surface area contributed by atoms with Gasteiger partial charge in [-0.2, -0.15) is 4.99 Å². The first kappa shape index (κ1) is 11.3. The van der Waals surface area contributed by atoms with Gasteiger partial charge in [-0.3, -0.25) is 0 Å². The molecule has 4 nitrogen and oxygen atoms in total. The predicted molar refractivity (Wildman–Crippen MR) is 56.6 cm³/mol. The van der Waals surface area contributed by atoms with Crippen LogP contribution in [0.3, 0.4) is 0 Å². The monoisotopic (exact) mass is 207 g/mol. The van der Waals surface area contributed by atoms with Crippen LogP contribution in [0.2, 0.25) is 0 Å². The molecule has 15 heavy (non-hydrogen) atoms. The van der Waals surface area contributed by atoms with Crippen molar-refractivity contribution >= 4 is 11.8 Å². The maximum atomic E-state index is 10.2. The summed E-state index contributed by atoms with van der Waals surface area (Å²) < 4.78 is 10.6. The zero-order chi connectivity index (χ0) is 11.1. The molecule has 0 aliphatic heterocycles. The minimum absolute atomic E-state index is 0.442. The van der Waals surface area contributed by atoms with E-state index in [-0.39, 0.29) is 0 Å². The van der Waals surface area contributed by atoms with E-state index in [4.69, 9.17) is 9.47 Å². The molecule has 0 heterocycles. The smallest absolute Gasteiger partial charge is 0.240 e. The summed E-state index contributed by atoms with van der Waals surface area (Å²) in [5.74, 6) is 1.22. The van der Waals surface area contributed by atoms with Gasteiger partial charge in [-0.05, 0) is 26.0 Å². The van der Waals surface area contributed by atoms with Gasteiger partial charge in [0.1, 0.15) is 17.2 Å². The summed E-state index contributed by atoms with van der Waals surface area (Å²) >= 11 is 0. The molecule has 0 aromatic heterocycles. The average Bonchev–Trinajstić information content (AvgIpc) is 2.23. The Morgan fingerprint density at radius 3 is 2.60 bits per heavy atom. The maximum Gasteiger partial charge on any atom is 0.240 e. The number of isocyanates is 1. The summed E-state index contributed by atoms with van der Waals surface area (Å²) in [6, 6.07) is 5.16. The fourth-order valence-corrected chi connectivity index (χ4v) is 1.17. The summed E-state index contributed by atoms with van der Waals surface area (Å²) in [6.07, 6.45) is 1.49. The molecule has 0 atom stereocenters. The highest BCUT2D eigenvalue weighted by atomic mass is 16.5. The first-order valence-corrected chi connectivity index (χ1v) is 4.79. The van der Waals surface area contributed by atoms with Crippen LogP contribution >= 0.6 is 0 Å². The molecule has 0 amide bonds. The van der Waals surface area contributed by atoms with Crippen LogP contribution in [-0.2, 0) is 4.79 Å². The predicted octanol–water partition coefficient (Wildman–Crippen LogP) is 2.45. The van der Waals surface area contributed by atoms with Crippen molar-refractivity contribution in [1.82, 2.24) is 0 Å². The van der Waals surface area contributed by atoms with Gasteiger partial charge in [0.15, 0.2) is 0 Å². The van der Waals surface area contributed by atoms with E-state index < -0.39 is 0 Å². The fraction of sp³-hybridized carbons (Fsp3) is 0.364. The van der Waals surface area contributed by atoms with Crippen LogP contribution in [-0.4, -0.2) is 19.3 Å². The van der Waals surface area contributed by atoms with E-state index in [1.807, 2.05) is 13.8 Å². The molecule has 80 valence electrons. The molecule has 0 radical (unpaired) electrons. The van der Waals surface area contributed by atoms with Crippen LogP contribution < -0.4 is 9.47 Å². The third-order valence-corrected chi connectivity index (χ3v) is 1.71. The second-order valence-corrected chi connectivity index (χ2v) is 2.70. The van der Waals surface area contributed by atoms with Gasteiger partial charge in [0.25, 0.3) is 0 Å². The zero-order valence-electron chi connectivity index (χ0n) is 8.82. The van der Waals surface area contributed by atoms with Crippen molar-refractivity contribution in [2.24, 2.45) is 4.99 Å². The molecule has 0 bridgehead atoms. The van der Waals surface area contributed by atoms with Crippen molar-refractivity contribution in [3.63, 3.8) is 0 Å². The Hall–Kier alpha value is -1.80. The zero-order valence-corrected chi connectivity index (χ0v) is 8.82. The van der Waals surface area contributed by atoms with Gasteiger partial charge in [-0.1, -0.05) is 0 Å². The van der Waals surface area contributed by atoms with Crippen LogP contribution in [0.4, 0.5) is 5.69 Å². The Bertz CT molecular complexity index is 370. The molecule has 0 saturated carbocycles. The van der Waals surface area contributed by atoms with Crippen molar-refractivity contribution in [3.05, 3.63) is 18.2 Å². The lowest BCUT2D eigenvalue weighted by Crippen LogP contribution is -1.94. The molecular formula is C11H13NO3. The topological polar surface area (TPSA) is 47.9 Å². The summed E-state index contributed by atoms with van der Waals surface area (Å²) in [6.45, 7) is 4.84. The van der Waals surface area contributed by atoms with Crippen molar-refractivity contribution in [1.29, 1.82) is 0 Å². The number of rotatable bonds is 5. The largest absolute Gasteiger partial charge is 0.494 e. The average molecular weight is 207 g/mol. The van der Waals surface area contributed by atoms with Gasteiger partial charge in [0.2, 0.25) is 6.08 Å². The Labute approximate surface area is 88.5 Å². The van der Waals surface area contributed by atoms with Crippen LogP contribution in [0.1, 0.15) is 13.8 Å². The van der Waals surface area contributed by atoms with Crippen molar-refractivity contribution in [3.8, 4) is 11.5 Å². The Morgan fingerprint density at radius 2 is 2.00 bits per heavy atom. The quantitative estimate of drug-likeness (QED) is 0.550. The van der Waals surface area contributed by atoms with Crippen LogP contribution in [0.25, 0.3) is 0 Å². The number of ether oxygens (including phenoxy) is 2. The van der Waals surface area contributed by atoms with Crippen molar-refractivity contribution in [2.45, 2.75) is 13.8 Å². The van der Waals surface area contributed by atoms with Crippen LogP contribution in [0.15, 0.2) is 23.2 Å². The molecule has 0 saturated heterocycles. The van der Waals surface area contributed by atoms with Gasteiger partial charge in [0, 0.05) is 6.07 Å². The van der Waals surface area contributed by atoms with Crippen LogP contribution in [0, 0.1) is 0 Å². The molecule has 0 aliphatic rings. The molecule has 1 aromatic carbocycles. The van der Waals surface area contributed by atoms with E-state index in [0.29, 0.717) is 30.4 Å². The Morgan fingerprint density at radius 1 is 1.27 bits per heavy atom. The minimum Gasteiger partial charge on any atom is -0.494 e. The molecular weight excluding hydrogens is 194 g/mol. The summed E-state index contributed by atoms with van der Waals surface area (Å²) in [5.41, 5.74) is 0.442. The second-order valence-electron chi connectivity index (χ2n) is 2.70.